The molecule has 15 heavy (non-hydrogen) atoms. The number of anilines is 1. The highest BCUT2D eigenvalue weighted by Gasteiger charge is 2.31. The van der Waals surface area contributed by atoms with E-state index in [4.69, 9.17) is 10.5 Å². The van der Waals surface area contributed by atoms with Crippen molar-refractivity contribution >= 4 is 11.5 Å². The average molecular weight is 210 g/mol. The third kappa shape index (κ3) is 1.67. The van der Waals surface area contributed by atoms with Crippen LogP contribution in [0.5, 0.6) is 5.88 Å². The Bertz CT molecular complexity index is 417. The van der Waals surface area contributed by atoms with Gasteiger partial charge in [-0.05, 0) is 12.8 Å². The van der Waals surface area contributed by atoms with Gasteiger partial charge in [0.15, 0.2) is 0 Å². The largest absolute Gasteiger partial charge is 0.476 e. The van der Waals surface area contributed by atoms with Gasteiger partial charge in [0.05, 0.1) is 12.0 Å². The van der Waals surface area contributed by atoms with E-state index in [2.05, 4.69) is 9.97 Å². The summed E-state index contributed by atoms with van der Waals surface area (Å²) in [7, 11) is 1.32. The zero-order valence-electron chi connectivity index (χ0n) is 8.14. The van der Waals surface area contributed by atoms with Crippen LogP contribution in [0.2, 0.25) is 0 Å². The first-order valence-corrected chi connectivity index (χ1v) is 4.49. The van der Waals surface area contributed by atoms with Crippen molar-refractivity contribution in [1.29, 1.82) is 0 Å². The molecule has 80 valence electrons. The highest BCUT2D eigenvalue weighted by atomic mass is 16.6. The summed E-state index contributed by atoms with van der Waals surface area (Å²) in [5.74, 6) is 0.625. The summed E-state index contributed by atoms with van der Waals surface area (Å²) >= 11 is 0. The highest BCUT2D eigenvalue weighted by molar-refractivity contribution is 5.58. The molecule has 0 amide bonds. The number of methoxy groups -OCH3 is 1. The fourth-order valence-corrected chi connectivity index (χ4v) is 1.31. The number of nitrogen functional groups attached to an aromatic ring is 1. The summed E-state index contributed by atoms with van der Waals surface area (Å²) in [4.78, 5) is 17.9. The Morgan fingerprint density at radius 2 is 2.20 bits per heavy atom. The molecular weight excluding hydrogens is 200 g/mol. The van der Waals surface area contributed by atoms with E-state index in [1.165, 1.54) is 7.11 Å². The standard InChI is InChI=1S/C8H10N4O3/c1-15-8-5(12(13)14)6(9)10-7(11-8)4-2-3-4/h4H,2-3H2,1H3,(H2,9,10,11). The molecule has 1 saturated carbocycles. The summed E-state index contributed by atoms with van der Waals surface area (Å²) in [6, 6.07) is 0. The van der Waals surface area contributed by atoms with Crippen LogP contribution in [0.15, 0.2) is 0 Å². The second-order valence-electron chi connectivity index (χ2n) is 3.36. The van der Waals surface area contributed by atoms with E-state index in [-0.39, 0.29) is 23.3 Å². The lowest BCUT2D eigenvalue weighted by atomic mass is 10.3. The lowest BCUT2D eigenvalue weighted by molar-refractivity contribution is -0.385. The summed E-state index contributed by atoms with van der Waals surface area (Å²) in [5.41, 5.74) is 5.13. The lowest BCUT2D eigenvalue weighted by Crippen LogP contribution is -2.06. The molecule has 1 fully saturated rings. The molecule has 0 saturated heterocycles. The van der Waals surface area contributed by atoms with Gasteiger partial charge in [-0.3, -0.25) is 10.1 Å². The first-order valence-electron chi connectivity index (χ1n) is 4.49. The van der Waals surface area contributed by atoms with Crippen LogP contribution in [0.3, 0.4) is 0 Å². The van der Waals surface area contributed by atoms with Crippen LogP contribution in [0.4, 0.5) is 11.5 Å². The quantitative estimate of drug-likeness (QED) is 0.585. The van der Waals surface area contributed by atoms with Crippen LogP contribution >= 0.6 is 0 Å². The van der Waals surface area contributed by atoms with Gasteiger partial charge in [0.1, 0.15) is 5.82 Å². The van der Waals surface area contributed by atoms with Crippen molar-refractivity contribution in [3.63, 3.8) is 0 Å². The second-order valence-corrected chi connectivity index (χ2v) is 3.36. The number of nitrogens with two attached hydrogens (primary N) is 1. The van der Waals surface area contributed by atoms with Crippen molar-refractivity contribution in [1.82, 2.24) is 9.97 Å². The minimum Gasteiger partial charge on any atom is -0.476 e. The van der Waals surface area contributed by atoms with E-state index in [9.17, 15) is 10.1 Å². The fourth-order valence-electron chi connectivity index (χ4n) is 1.31. The smallest absolute Gasteiger partial charge is 0.372 e. The Morgan fingerprint density at radius 3 is 2.67 bits per heavy atom. The van der Waals surface area contributed by atoms with Crippen molar-refractivity contribution in [2.75, 3.05) is 12.8 Å². The number of nitrogens with zero attached hydrogens (tertiary/aromatic N) is 3. The molecule has 1 aromatic rings. The van der Waals surface area contributed by atoms with E-state index in [0.29, 0.717) is 5.82 Å². The molecule has 1 heterocycles. The Hall–Kier alpha value is -1.92. The van der Waals surface area contributed by atoms with Gasteiger partial charge in [-0.2, -0.15) is 4.98 Å². The SMILES string of the molecule is COc1nc(C2CC2)nc(N)c1[N+](=O)[O-]. The molecule has 1 aliphatic rings. The van der Waals surface area contributed by atoms with Crippen LogP contribution in [0.1, 0.15) is 24.6 Å². The van der Waals surface area contributed by atoms with Crippen molar-refractivity contribution in [3.05, 3.63) is 15.9 Å². The highest BCUT2D eigenvalue weighted by Crippen LogP contribution is 2.41. The molecule has 0 spiro atoms. The van der Waals surface area contributed by atoms with Gasteiger partial charge in [0.2, 0.25) is 5.82 Å². The number of rotatable bonds is 3. The molecule has 1 aromatic heterocycles. The third-order valence-corrected chi connectivity index (χ3v) is 2.21. The molecule has 0 bridgehead atoms. The van der Waals surface area contributed by atoms with E-state index >= 15 is 0 Å². The first kappa shape index (κ1) is 9.63. The molecular formula is C8H10N4O3. The van der Waals surface area contributed by atoms with E-state index in [1.54, 1.807) is 0 Å². The van der Waals surface area contributed by atoms with Crippen LogP contribution in [0.25, 0.3) is 0 Å². The van der Waals surface area contributed by atoms with Crippen LogP contribution in [0, 0.1) is 10.1 Å². The van der Waals surface area contributed by atoms with E-state index in [0.717, 1.165) is 12.8 Å². The molecule has 2 rings (SSSR count). The number of hydrogen-bond acceptors (Lipinski definition) is 6. The number of hydrogen-bond donors (Lipinski definition) is 1. The molecule has 0 aromatic carbocycles. The topological polar surface area (TPSA) is 104 Å². The molecule has 1 aliphatic carbocycles. The van der Waals surface area contributed by atoms with Crippen molar-refractivity contribution < 1.29 is 9.66 Å². The minimum atomic E-state index is -0.634. The summed E-state index contributed by atoms with van der Waals surface area (Å²) in [5, 5.41) is 10.7. The second kappa shape index (κ2) is 3.34. The Kier molecular flexibility index (Phi) is 2.14. The molecule has 7 nitrogen and oxygen atoms in total. The summed E-state index contributed by atoms with van der Waals surface area (Å²) in [6.07, 6.45) is 2.00. The normalized spacial score (nSPS) is 15.0. The third-order valence-electron chi connectivity index (χ3n) is 2.21. The van der Waals surface area contributed by atoms with Gasteiger partial charge in [-0.25, -0.2) is 4.98 Å². The molecule has 2 N–H and O–H groups in total. The Balaban J connectivity index is 2.50. The zero-order chi connectivity index (χ0) is 11.0. The first-order chi connectivity index (χ1) is 7.13. The molecule has 0 radical (unpaired) electrons. The molecule has 7 heteroatoms. The molecule has 0 atom stereocenters. The predicted octanol–water partition coefficient (Wildman–Crippen LogP) is 0.853. The lowest BCUT2D eigenvalue weighted by Gasteiger charge is -2.04. The maximum absolute atomic E-state index is 10.7. The van der Waals surface area contributed by atoms with Crippen molar-refractivity contribution in [2.24, 2.45) is 0 Å². The van der Waals surface area contributed by atoms with Gasteiger partial charge in [0, 0.05) is 5.92 Å². The zero-order valence-corrected chi connectivity index (χ0v) is 8.14. The molecule has 0 unspecified atom stereocenters. The van der Waals surface area contributed by atoms with E-state index in [1.807, 2.05) is 0 Å². The van der Waals surface area contributed by atoms with Crippen molar-refractivity contribution in [2.45, 2.75) is 18.8 Å². The van der Waals surface area contributed by atoms with Crippen LogP contribution < -0.4 is 10.5 Å². The Morgan fingerprint density at radius 1 is 1.53 bits per heavy atom. The minimum absolute atomic E-state index is 0.0607. The van der Waals surface area contributed by atoms with Crippen LogP contribution in [-0.4, -0.2) is 22.0 Å². The van der Waals surface area contributed by atoms with Crippen LogP contribution in [-0.2, 0) is 0 Å². The number of aromatic nitrogens is 2. The van der Waals surface area contributed by atoms with Gasteiger partial charge in [-0.15, -0.1) is 0 Å². The van der Waals surface area contributed by atoms with Crippen molar-refractivity contribution in [3.8, 4) is 5.88 Å². The summed E-state index contributed by atoms with van der Waals surface area (Å²) < 4.78 is 4.83. The van der Waals surface area contributed by atoms with E-state index < -0.39 is 4.92 Å². The fraction of sp³-hybridized carbons (Fsp3) is 0.500. The monoisotopic (exact) mass is 210 g/mol. The maximum Gasteiger partial charge on any atom is 0.372 e. The predicted molar refractivity (Wildman–Crippen MR) is 51.6 cm³/mol. The summed E-state index contributed by atoms with van der Waals surface area (Å²) in [6.45, 7) is 0. The molecule has 0 aliphatic heterocycles. The van der Waals surface area contributed by atoms with Gasteiger partial charge >= 0.3 is 5.69 Å². The van der Waals surface area contributed by atoms with Gasteiger partial charge in [0.25, 0.3) is 5.88 Å². The number of ether oxygens (including phenoxy) is 1. The maximum atomic E-state index is 10.7. The number of nitro groups is 1. The Labute approximate surface area is 85.4 Å². The average Bonchev–Trinajstić information content (AvgIpc) is 2.98. The van der Waals surface area contributed by atoms with Gasteiger partial charge < -0.3 is 10.5 Å². The van der Waals surface area contributed by atoms with Gasteiger partial charge in [-0.1, -0.05) is 0 Å².